The Hall–Kier alpha value is 0.452. The number of ether oxygens (including phenoxy) is 2. The molecule has 0 heterocycles. The molecule has 0 rings (SSSR count). The maximum atomic E-state index is 4.83. The zero-order chi connectivity index (χ0) is 5.91. The molecular formula is C4H11AlO2. The molecule has 7 heavy (non-hydrogen) atoms. The molecule has 0 aliphatic heterocycles. The molecule has 0 aromatic heterocycles. The summed E-state index contributed by atoms with van der Waals surface area (Å²) in [6, 6.07) is 0. The molecule has 2 nitrogen and oxygen atoms in total. The van der Waals surface area contributed by atoms with Crippen molar-refractivity contribution in [3.05, 3.63) is 0 Å². The maximum Gasteiger partial charge on any atom is -1.00 e. The molecule has 0 aromatic carbocycles. The normalized spacial score (nSPS) is 12.1. The van der Waals surface area contributed by atoms with Crippen molar-refractivity contribution < 1.29 is 12.3 Å². The van der Waals surface area contributed by atoms with Crippen LogP contribution < -0.4 is 0 Å². The fraction of sp³-hybridized carbons (Fsp3) is 1.00. The van der Waals surface area contributed by atoms with Gasteiger partial charge in [-0.3, -0.25) is 0 Å². The van der Waals surface area contributed by atoms with Crippen molar-refractivity contribution in [1.29, 1.82) is 0 Å². The predicted molar refractivity (Wildman–Crippen MR) is 30.4 cm³/mol. The summed E-state index contributed by atoms with van der Waals surface area (Å²) >= 11 is 2.42. The SMILES string of the molecule is CO[C](C)([Al+2])OC.[H-].[H-]. The van der Waals surface area contributed by atoms with E-state index in [0.717, 1.165) is 0 Å². The van der Waals surface area contributed by atoms with Crippen LogP contribution in [0.5, 0.6) is 0 Å². The van der Waals surface area contributed by atoms with Crippen molar-refractivity contribution in [2.75, 3.05) is 14.2 Å². The Bertz CT molecular complexity index is 54.5. The fourth-order valence-corrected chi connectivity index (χ4v) is 0.0833. The smallest absolute Gasteiger partial charge is 1.00 e. The third-order valence-electron chi connectivity index (χ3n) is 0.811. The molecule has 0 saturated carbocycles. The van der Waals surface area contributed by atoms with Crippen molar-refractivity contribution in [2.45, 2.75) is 11.6 Å². The van der Waals surface area contributed by atoms with E-state index in [1.807, 2.05) is 6.92 Å². The van der Waals surface area contributed by atoms with Crippen LogP contribution in [0, 0.1) is 0 Å². The zero-order valence-electron chi connectivity index (χ0n) is 6.89. The van der Waals surface area contributed by atoms with Gasteiger partial charge < -0.3 is 2.85 Å². The molecule has 42 valence electrons. The number of methoxy groups -OCH3 is 2. The second-order valence-corrected chi connectivity index (χ2v) is 2.47. The van der Waals surface area contributed by atoms with Crippen LogP contribution in [0.25, 0.3) is 0 Å². The van der Waals surface area contributed by atoms with Gasteiger partial charge in [-0.1, -0.05) is 0 Å². The van der Waals surface area contributed by atoms with Crippen LogP contribution >= 0.6 is 0 Å². The summed E-state index contributed by atoms with van der Waals surface area (Å²) in [6.07, 6.45) is 0. The first-order valence-corrected chi connectivity index (χ1v) is 2.59. The van der Waals surface area contributed by atoms with Gasteiger partial charge in [-0.2, -0.15) is 0 Å². The molecule has 0 amide bonds. The van der Waals surface area contributed by atoms with Crippen LogP contribution in [0.2, 0.25) is 0 Å². The summed E-state index contributed by atoms with van der Waals surface area (Å²) in [5.74, 6) is 0. The van der Waals surface area contributed by atoms with Gasteiger partial charge in [0, 0.05) is 0 Å². The first-order chi connectivity index (χ1) is 3.12. The Morgan fingerprint density at radius 1 is 1.43 bits per heavy atom. The standard InChI is InChI=1S/C4H9O2.Al.2H/c1-4(5-2)6-3;;;/h1-3H3;;;/q;+2;2*-1. The third kappa shape index (κ3) is 3.07. The van der Waals surface area contributed by atoms with Crippen LogP contribution in [0.1, 0.15) is 9.78 Å². The summed E-state index contributed by atoms with van der Waals surface area (Å²) in [5.41, 5.74) is 0. The average Bonchev–Trinajstić information content (AvgIpc) is 1.68. The van der Waals surface area contributed by atoms with Gasteiger partial charge in [0.2, 0.25) is 0 Å². The van der Waals surface area contributed by atoms with E-state index in [2.05, 4.69) is 16.3 Å². The van der Waals surface area contributed by atoms with Gasteiger partial charge in [0.05, 0.1) is 0 Å². The van der Waals surface area contributed by atoms with Crippen molar-refractivity contribution >= 4 is 16.3 Å². The van der Waals surface area contributed by atoms with E-state index < -0.39 is 4.65 Å². The molecule has 0 aliphatic carbocycles. The molecule has 0 spiro atoms. The van der Waals surface area contributed by atoms with E-state index >= 15 is 0 Å². The van der Waals surface area contributed by atoms with Crippen molar-refractivity contribution in [1.82, 2.24) is 0 Å². The molecule has 0 bridgehead atoms. The van der Waals surface area contributed by atoms with Crippen LogP contribution in [0.3, 0.4) is 0 Å². The van der Waals surface area contributed by atoms with E-state index in [1.165, 1.54) is 0 Å². The van der Waals surface area contributed by atoms with E-state index in [1.54, 1.807) is 14.2 Å². The van der Waals surface area contributed by atoms with Crippen molar-refractivity contribution in [3.8, 4) is 0 Å². The summed E-state index contributed by atoms with van der Waals surface area (Å²) in [4.78, 5) is 0. The van der Waals surface area contributed by atoms with Gasteiger partial charge in [0.15, 0.2) is 0 Å². The molecule has 0 N–H and O–H groups in total. The van der Waals surface area contributed by atoms with Crippen LogP contribution in [0.15, 0.2) is 0 Å². The Morgan fingerprint density at radius 2 is 1.71 bits per heavy atom. The van der Waals surface area contributed by atoms with Crippen molar-refractivity contribution in [2.24, 2.45) is 0 Å². The molecule has 0 unspecified atom stereocenters. The predicted octanol–water partition coefficient (Wildman–Crippen LogP) is 0.346. The van der Waals surface area contributed by atoms with Crippen LogP contribution in [-0.4, -0.2) is 35.2 Å². The van der Waals surface area contributed by atoms with Crippen LogP contribution in [-0.2, 0) is 9.47 Å². The molecule has 0 saturated heterocycles. The minimum absolute atomic E-state index is 0. The number of hydrogen-bond donors (Lipinski definition) is 0. The van der Waals surface area contributed by atoms with Gasteiger partial charge in [0.25, 0.3) is 0 Å². The Kier molecular flexibility index (Phi) is 2.86. The summed E-state index contributed by atoms with van der Waals surface area (Å²) < 4.78 is 9.16. The van der Waals surface area contributed by atoms with Gasteiger partial charge in [-0.15, -0.1) is 0 Å². The average molecular weight is 118 g/mol. The Labute approximate surface area is 55.2 Å². The maximum absolute atomic E-state index is 4.83. The third-order valence-corrected chi connectivity index (χ3v) is 1.28. The molecule has 0 aromatic rings. The van der Waals surface area contributed by atoms with Gasteiger partial charge in [-0.25, -0.2) is 0 Å². The fourth-order valence-electron chi connectivity index (χ4n) is 0.0833. The van der Waals surface area contributed by atoms with E-state index in [4.69, 9.17) is 9.47 Å². The summed E-state index contributed by atoms with van der Waals surface area (Å²) in [7, 11) is 3.19. The second-order valence-electron chi connectivity index (χ2n) is 1.42. The Balaban J connectivity index is -0.000000180. The van der Waals surface area contributed by atoms with Gasteiger partial charge >= 0.3 is 51.6 Å². The van der Waals surface area contributed by atoms with E-state index in [-0.39, 0.29) is 2.85 Å². The largest absolute Gasteiger partial charge is 1.00 e. The zero-order valence-corrected chi connectivity index (χ0v) is 6.05. The molecule has 0 fully saturated rings. The summed E-state index contributed by atoms with van der Waals surface area (Å²) in [6.45, 7) is 1.82. The Morgan fingerprint density at radius 3 is 1.71 bits per heavy atom. The topological polar surface area (TPSA) is 18.5 Å². The molecular weight excluding hydrogens is 107 g/mol. The number of rotatable bonds is 2. The molecule has 3 heteroatoms. The minimum Gasteiger partial charge on any atom is -1.00 e. The number of hydrogen-bond acceptors (Lipinski definition) is 2. The molecule has 0 radical (unpaired) electrons. The minimum atomic E-state index is -0.500. The molecule has 0 atom stereocenters. The van der Waals surface area contributed by atoms with Crippen LogP contribution in [0.4, 0.5) is 0 Å². The second kappa shape index (κ2) is 2.69. The quantitative estimate of drug-likeness (QED) is 0.384. The van der Waals surface area contributed by atoms with Gasteiger partial charge in [0.1, 0.15) is 0 Å². The van der Waals surface area contributed by atoms with Crippen molar-refractivity contribution in [3.63, 3.8) is 0 Å². The summed E-state index contributed by atoms with van der Waals surface area (Å²) in [5, 5.41) is 0. The molecule has 0 aliphatic rings. The first-order valence-electron chi connectivity index (χ1n) is 2.01. The van der Waals surface area contributed by atoms with Gasteiger partial charge in [-0.05, 0) is 0 Å². The monoisotopic (exact) mass is 118 g/mol. The first kappa shape index (κ1) is 7.45. The van der Waals surface area contributed by atoms with E-state index in [9.17, 15) is 0 Å². The van der Waals surface area contributed by atoms with E-state index in [0.29, 0.717) is 0 Å².